The second-order valence-electron chi connectivity index (χ2n) is 8.67. The van der Waals surface area contributed by atoms with Gasteiger partial charge in [0.15, 0.2) is 11.6 Å². The molecule has 0 aliphatic carbocycles. The number of benzene rings is 3. The van der Waals surface area contributed by atoms with Crippen LogP contribution in [0.25, 0.3) is 22.3 Å². The van der Waals surface area contributed by atoms with Gasteiger partial charge < -0.3 is 9.47 Å². The standard InChI is InChI=1S/C29H29F3O2/c1-3-4-5-6-19-7-15-26(34-18-19)24-13-12-22(17-25(24)30)20-8-10-21(11-9-20)23-14-16-27(33-2)29(32)28(23)31/h3-4,8-14,16-17,19,26H,5-7,15,18H2,1-2H3/b4-3+. The van der Waals surface area contributed by atoms with Crippen LogP contribution in [0.4, 0.5) is 13.2 Å². The molecule has 0 radical (unpaired) electrons. The zero-order chi connectivity index (χ0) is 24.1. The first-order valence-corrected chi connectivity index (χ1v) is 11.7. The quantitative estimate of drug-likeness (QED) is 0.326. The predicted molar refractivity (Wildman–Crippen MR) is 129 cm³/mol. The molecule has 0 bridgehead atoms. The summed E-state index contributed by atoms with van der Waals surface area (Å²) in [6, 6.07) is 15.0. The van der Waals surface area contributed by atoms with E-state index in [1.54, 1.807) is 30.3 Å². The van der Waals surface area contributed by atoms with Crippen molar-refractivity contribution < 1.29 is 22.6 Å². The van der Waals surface area contributed by atoms with E-state index in [0.29, 0.717) is 29.2 Å². The van der Waals surface area contributed by atoms with Gasteiger partial charge in [0.1, 0.15) is 5.82 Å². The number of hydrogen-bond acceptors (Lipinski definition) is 2. The van der Waals surface area contributed by atoms with Crippen molar-refractivity contribution >= 4 is 0 Å². The van der Waals surface area contributed by atoms with Gasteiger partial charge in [-0.05, 0) is 73.4 Å². The molecule has 4 rings (SSSR count). The van der Waals surface area contributed by atoms with E-state index in [4.69, 9.17) is 9.47 Å². The summed E-state index contributed by atoms with van der Waals surface area (Å²) < 4.78 is 54.3. The van der Waals surface area contributed by atoms with Gasteiger partial charge in [0.05, 0.1) is 19.8 Å². The molecule has 0 N–H and O–H groups in total. The third-order valence-corrected chi connectivity index (χ3v) is 6.49. The summed E-state index contributed by atoms with van der Waals surface area (Å²) in [6.45, 7) is 2.68. The first-order valence-electron chi connectivity index (χ1n) is 11.7. The smallest absolute Gasteiger partial charge is 0.201 e. The van der Waals surface area contributed by atoms with Crippen molar-refractivity contribution in [3.8, 4) is 28.0 Å². The SMILES string of the molecule is C/C=C/CCC1CCC(c2ccc(-c3ccc(-c4ccc(OC)c(F)c4F)cc3)cc2F)OC1. The Hall–Kier alpha value is -3.05. The molecule has 0 aromatic heterocycles. The van der Waals surface area contributed by atoms with Crippen LogP contribution in [0.1, 0.15) is 44.3 Å². The van der Waals surface area contributed by atoms with Gasteiger partial charge in [0.25, 0.3) is 0 Å². The van der Waals surface area contributed by atoms with Gasteiger partial charge in [-0.3, -0.25) is 0 Å². The normalized spacial score (nSPS) is 18.4. The Labute approximate surface area is 199 Å². The van der Waals surface area contributed by atoms with Gasteiger partial charge in [0, 0.05) is 11.1 Å². The zero-order valence-electron chi connectivity index (χ0n) is 19.5. The fourth-order valence-electron chi connectivity index (χ4n) is 4.50. The van der Waals surface area contributed by atoms with Gasteiger partial charge >= 0.3 is 0 Å². The van der Waals surface area contributed by atoms with Crippen molar-refractivity contribution in [3.05, 3.63) is 89.8 Å². The highest BCUT2D eigenvalue weighted by molar-refractivity contribution is 5.71. The first kappa shape index (κ1) is 24.1. The summed E-state index contributed by atoms with van der Waals surface area (Å²) in [5, 5.41) is 0. The summed E-state index contributed by atoms with van der Waals surface area (Å²) in [5.74, 6) is -1.88. The lowest BCUT2D eigenvalue weighted by Crippen LogP contribution is -2.21. The fourth-order valence-corrected chi connectivity index (χ4v) is 4.50. The minimum Gasteiger partial charge on any atom is -0.494 e. The highest BCUT2D eigenvalue weighted by Crippen LogP contribution is 2.36. The largest absolute Gasteiger partial charge is 0.494 e. The van der Waals surface area contributed by atoms with E-state index in [0.717, 1.165) is 31.2 Å². The lowest BCUT2D eigenvalue weighted by atomic mass is 9.90. The molecule has 1 aliphatic heterocycles. The number of allylic oxidation sites excluding steroid dienone is 2. The van der Waals surface area contributed by atoms with E-state index in [-0.39, 0.29) is 23.2 Å². The first-order chi connectivity index (χ1) is 16.5. The van der Waals surface area contributed by atoms with E-state index >= 15 is 0 Å². The van der Waals surface area contributed by atoms with Crippen molar-refractivity contribution in [2.75, 3.05) is 13.7 Å². The Bertz CT molecular complexity index is 1150. The van der Waals surface area contributed by atoms with E-state index in [1.807, 2.05) is 13.0 Å². The van der Waals surface area contributed by atoms with Gasteiger partial charge in [-0.2, -0.15) is 4.39 Å². The number of halogens is 3. The van der Waals surface area contributed by atoms with Crippen molar-refractivity contribution in [1.29, 1.82) is 0 Å². The maximum Gasteiger partial charge on any atom is 0.201 e. The summed E-state index contributed by atoms with van der Waals surface area (Å²) in [7, 11) is 1.29. The van der Waals surface area contributed by atoms with Crippen molar-refractivity contribution in [2.45, 2.75) is 38.7 Å². The van der Waals surface area contributed by atoms with Crippen LogP contribution >= 0.6 is 0 Å². The van der Waals surface area contributed by atoms with E-state index in [1.165, 1.54) is 25.3 Å². The fraction of sp³-hybridized carbons (Fsp3) is 0.310. The molecule has 5 heteroatoms. The molecule has 1 fully saturated rings. The van der Waals surface area contributed by atoms with Gasteiger partial charge in [-0.25, -0.2) is 8.78 Å². The molecular weight excluding hydrogens is 437 g/mol. The molecule has 1 heterocycles. The minimum atomic E-state index is -1.02. The number of methoxy groups -OCH3 is 1. The average molecular weight is 467 g/mol. The topological polar surface area (TPSA) is 18.5 Å². The number of rotatable bonds is 7. The van der Waals surface area contributed by atoms with Gasteiger partial charge in [0.2, 0.25) is 5.82 Å². The van der Waals surface area contributed by atoms with Crippen molar-refractivity contribution in [1.82, 2.24) is 0 Å². The zero-order valence-corrected chi connectivity index (χ0v) is 19.5. The highest BCUT2D eigenvalue weighted by Gasteiger charge is 2.25. The van der Waals surface area contributed by atoms with Crippen molar-refractivity contribution in [2.24, 2.45) is 5.92 Å². The second-order valence-corrected chi connectivity index (χ2v) is 8.67. The molecule has 3 aromatic carbocycles. The molecule has 2 atom stereocenters. The van der Waals surface area contributed by atoms with E-state index in [2.05, 4.69) is 12.2 Å². The average Bonchev–Trinajstić information content (AvgIpc) is 2.86. The van der Waals surface area contributed by atoms with Crippen LogP contribution in [0.5, 0.6) is 5.75 Å². The molecule has 3 aromatic rings. The van der Waals surface area contributed by atoms with Crippen LogP contribution in [-0.4, -0.2) is 13.7 Å². The van der Waals surface area contributed by atoms with Crippen LogP contribution in [0.15, 0.2) is 66.7 Å². The molecular formula is C29H29F3O2. The summed E-state index contributed by atoms with van der Waals surface area (Å²) >= 11 is 0. The maximum absolute atomic E-state index is 15.0. The van der Waals surface area contributed by atoms with Gasteiger partial charge in [-0.15, -0.1) is 0 Å². The monoisotopic (exact) mass is 466 g/mol. The third-order valence-electron chi connectivity index (χ3n) is 6.49. The third kappa shape index (κ3) is 5.20. The molecule has 0 amide bonds. The molecule has 2 unspecified atom stereocenters. The molecule has 34 heavy (non-hydrogen) atoms. The number of ether oxygens (including phenoxy) is 2. The molecule has 0 spiro atoms. The molecule has 178 valence electrons. The molecule has 1 aliphatic rings. The van der Waals surface area contributed by atoms with Crippen LogP contribution in [0.3, 0.4) is 0 Å². The molecule has 1 saturated heterocycles. The lowest BCUT2D eigenvalue weighted by Gasteiger charge is -2.29. The Morgan fingerprint density at radius 1 is 0.912 bits per heavy atom. The minimum absolute atomic E-state index is 0.139. The van der Waals surface area contributed by atoms with E-state index in [9.17, 15) is 13.2 Å². The highest BCUT2D eigenvalue weighted by atomic mass is 19.2. The van der Waals surface area contributed by atoms with Crippen LogP contribution in [0.2, 0.25) is 0 Å². The van der Waals surface area contributed by atoms with Crippen LogP contribution in [0, 0.1) is 23.4 Å². The van der Waals surface area contributed by atoms with Gasteiger partial charge in [-0.1, -0.05) is 48.6 Å². The summed E-state index contributed by atoms with van der Waals surface area (Å²) in [5.41, 5.74) is 2.76. The second kappa shape index (κ2) is 10.9. The Balaban J connectivity index is 1.46. The Morgan fingerprint density at radius 3 is 2.29 bits per heavy atom. The Morgan fingerprint density at radius 2 is 1.65 bits per heavy atom. The van der Waals surface area contributed by atoms with Crippen LogP contribution < -0.4 is 4.74 Å². The van der Waals surface area contributed by atoms with Crippen LogP contribution in [-0.2, 0) is 4.74 Å². The number of hydrogen-bond donors (Lipinski definition) is 0. The van der Waals surface area contributed by atoms with Crippen molar-refractivity contribution in [3.63, 3.8) is 0 Å². The predicted octanol–water partition coefficient (Wildman–Crippen LogP) is 8.27. The summed E-state index contributed by atoms with van der Waals surface area (Å²) in [4.78, 5) is 0. The molecule has 0 saturated carbocycles. The Kier molecular flexibility index (Phi) is 7.73. The van der Waals surface area contributed by atoms with E-state index < -0.39 is 11.6 Å². The molecule has 2 nitrogen and oxygen atoms in total. The lowest BCUT2D eigenvalue weighted by molar-refractivity contribution is -0.0207. The summed E-state index contributed by atoms with van der Waals surface area (Å²) in [6.07, 6.45) is 8.01. The maximum atomic E-state index is 15.0.